The van der Waals surface area contributed by atoms with Gasteiger partial charge in [-0.15, -0.1) is 0 Å². The van der Waals surface area contributed by atoms with Crippen LogP contribution in [0.15, 0.2) is 18.2 Å². The molecule has 3 N–H and O–H groups in total. The molecule has 0 amide bonds. The van der Waals surface area contributed by atoms with E-state index in [1.807, 2.05) is 13.8 Å². The summed E-state index contributed by atoms with van der Waals surface area (Å²) in [7, 11) is -0.783. The first kappa shape index (κ1) is 15.0. The molecule has 4 nitrogen and oxygen atoms in total. The normalized spacial score (nSPS) is 16.2. The van der Waals surface area contributed by atoms with Crippen LogP contribution < -0.4 is 5.32 Å². The maximum Gasteiger partial charge on any atom is 0.120 e. The van der Waals surface area contributed by atoms with Gasteiger partial charge < -0.3 is 15.5 Å². The van der Waals surface area contributed by atoms with Gasteiger partial charge in [0.1, 0.15) is 11.5 Å². The van der Waals surface area contributed by atoms with E-state index in [-0.39, 0.29) is 23.6 Å². The summed E-state index contributed by atoms with van der Waals surface area (Å²) in [6, 6.07) is 4.62. The molecule has 1 aromatic carbocycles. The third kappa shape index (κ3) is 4.66. The Balaban J connectivity index is 2.61. The van der Waals surface area contributed by atoms with Crippen molar-refractivity contribution in [2.24, 2.45) is 0 Å². The number of aromatic hydroxyl groups is 2. The minimum atomic E-state index is -0.783. The SMILES string of the molecule is CC(CCS(C)=O)NC(C)c1cc(O)ccc1O. The number of phenols is 2. The van der Waals surface area contributed by atoms with Crippen molar-refractivity contribution in [3.8, 4) is 11.5 Å². The van der Waals surface area contributed by atoms with Gasteiger partial charge in [0.05, 0.1) is 0 Å². The number of phenolic OH excluding ortho intramolecular Hbond substituents is 2. The second kappa shape index (κ2) is 6.75. The lowest BCUT2D eigenvalue weighted by Gasteiger charge is -2.21. The van der Waals surface area contributed by atoms with Crippen molar-refractivity contribution in [3.05, 3.63) is 23.8 Å². The van der Waals surface area contributed by atoms with E-state index >= 15 is 0 Å². The van der Waals surface area contributed by atoms with E-state index in [0.717, 1.165) is 6.42 Å². The Morgan fingerprint density at radius 1 is 1.33 bits per heavy atom. The molecule has 0 heterocycles. The van der Waals surface area contributed by atoms with E-state index < -0.39 is 10.8 Å². The van der Waals surface area contributed by atoms with Crippen molar-refractivity contribution in [1.82, 2.24) is 5.32 Å². The summed E-state index contributed by atoms with van der Waals surface area (Å²) < 4.78 is 11.0. The molecule has 0 aromatic heterocycles. The van der Waals surface area contributed by atoms with Crippen molar-refractivity contribution in [1.29, 1.82) is 0 Å². The summed E-state index contributed by atoms with van der Waals surface area (Å²) >= 11 is 0. The monoisotopic (exact) mass is 271 g/mol. The number of hydrogen-bond donors (Lipinski definition) is 3. The highest BCUT2D eigenvalue weighted by atomic mass is 32.2. The number of rotatable bonds is 6. The van der Waals surface area contributed by atoms with Crippen LogP contribution in [0.5, 0.6) is 11.5 Å². The molecular weight excluding hydrogens is 250 g/mol. The average molecular weight is 271 g/mol. The predicted molar refractivity (Wildman–Crippen MR) is 74.3 cm³/mol. The fraction of sp³-hybridized carbons (Fsp3) is 0.538. The smallest absolute Gasteiger partial charge is 0.120 e. The molecule has 1 rings (SSSR count). The van der Waals surface area contributed by atoms with Crippen LogP contribution in [0.4, 0.5) is 0 Å². The van der Waals surface area contributed by atoms with Crippen LogP contribution in [-0.2, 0) is 10.8 Å². The van der Waals surface area contributed by atoms with Crippen molar-refractivity contribution in [2.45, 2.75) is 32.4 Å². The Bertz CT molecular complexity index is 423. The molecule has 102 valence electrons. The summed E-state index contributed by atoms with van der Waals surface area (Å²) in [6.07, 6.45) is 2.50. The molecule has 5 heteroatoms. The molecule has 0 aliphatic heterocycles. The molecule has 0 aliphatic rings. The van der Waals surface area contributed by atoms with Gasteiger partial charge in [0.25, 0.3) is 0 Å². The minimum Gasteiger partial charge on any atom is -0.508 e. The molecule has 0 saturated heterocycles. The molecule has 0 bridgehead atoms. The summed E-state index contributed by atoms with van der Waals surface area (Å²) in [5.74, 6) is 0.963. The lowest BCUT2D eigenvalue weighted by atomic mass is 10.1. The highest BCUT2D eigenvalue weighted by Gasteiger charge is 2.13. The summed E-state index contributed by atoms with van der Waals surface area (Å²) in [5.41, 5.74) is 0.666. The predicted octanol–water partition coefficient (Wildman–Crippen LogP) is 1.91. The minimum absolute atomic E-state index is 0.0719. The van der Waals surface area contributed by atoms with Crippen molar-refractivity contribution < 1.29 is 14.4 Å². The zero-order valence-corrected chi connectivity index (χ0v) is 11.8. The lowest BCUT2D eigenvalue weighted by molar-refractivity contribution is 0.423. The number of hydrogen-bond acceptors (Lipinski definition) is 4. The van der Waals surface area contributed by atoms with Crippen LogP contribution in [0.1, 0.15) is 31.9 Å². The van der Waals surface area contributed by atoms with Gasteiger partial charge in [0.2, 0.25) is 0 Å². The first-order valence-corrected chi connectivity index (χ1v) is 7.70. The molecule has 3 unspecified atom stereocenters. The summed E-state index contributed by atoms with van der Waals surface area (Å²) in [4.78, 5) is 0. The topological polar surface area (TPSA) is 69.6 Å². The maximum absolute atomic E-state index is 11.0. The first-order chi connectivity index (χ1) is 8.40. The van der Waals surface area contributed by atoms with E-state index in [1.54, 1.807) is 12.3 Å². The van der Waals surface area contributed by atoms with Gasteiger partial charge in [-0.2, -0.15) is 0 Å². The highest BCUT2D eigenvalue weighted by Crippen LogP contribution is 2.28. The standard InChI is InChI=1S/C13H21NO3S/c1-9(6-7-18(3)17)14-10(2)12-8-11(15)4-5-13(12)16/h4-5,8-10,14-16H,6-7H2,1-3H3. The lowest BCUT2D eigenvalue weighted by Crippen LogP contribution is -2.30. The van der Waals surface area contributed by atoms with E-state index in [0.29, 0.717) is 11.3 Å². The molecule has 0 fully saturated rings. The van der Waals surface area contributed by atoms with Crippen molar-refractivity contribution >= 4 is 10.8 Å². The largest absolute Gasteiger partial charge is 0.508 e. The van der Waals surface area contributed by atoms with Crippen LogP contribution in [0.2, 0.25) is 0 Å². The molecular formula is C13H21NO3S. The van der Waals surface area contributed by atoms with Crippen LogP contribution in [0.25, 0.3) is 0 Å². The fourth-order valence-corrected chi connectivity index (χ4v) is 2.52. The first-order valence-electron chi connectivity index (χ1n) is 5.98. The molecule has 18 heavy (non-hydrogen) atoms. The Kier molecular flexibility index (Phi) is 5.62. The highest BCUT2D eigenvalue weighted by molar-refractivity contribution is 7.84. The fourth-order valence-electron chi connectivity index (χ4n) is 1.83. The van der Waals surface area contributed by atoms with Gasteiger partial charge >= 0.3 is 0 Å². The van der Waals surface area contributed by atoms with E-state index in [2.05, 4.69) is 5.32 Å². The van der Waals surface area contributed by atoms with Gasteiger partial charge in [-0.25, -0.2) is 0 Å². The van der Waals surface area contributed by atoms with Gasteiger partial charge in [-0.3, -0.25) is 4.21 Å². The van der Waals surface area contributed by atoms with Crippen LogP contribution in [0.3, 0.4) is 0 Å². The van der Waals surface area contributed by atoms with E-state index in [4.69, 9.17) is 0 Å². The van der Waals surface area contributed by atoms with Gasteiger partial charge in [-0.1, -0.05) is 0 Å². The average Bonchev–Trinajstić information content (AvgIpc) is 2.29. The van der Waals surface area contributed by atoms with Gasteiger partial charge in [0.15, 0.2) is 0 Å². The van der Waals surface area contributed by atoms with E-state index in [1.165, 1.54) is 12.1 Å². The van der Waals surface area contributed by atoms with Gasteiger partial charge in [0, 0.05) is 40.5 Å². The molecule has 0 aliphatic carbocycles. The maximum atomic E-state index is 11.0. The number of nitrogens with one attached hydrogen (secondary N) is 1. The van der Waals surface area contributed by atoms with E-state index in [9.17, 15) is 14.4 Å². The second-order valence-electron chi connectivity index (χ2n) is 4.60. The summed E-state index contributed by atoms with van der Waals surface area (Å²) in [5, 5.41) is 22.5. The quantitative estimate of drug-likeness (QED) is 0.691. The Morgan fingerprint density at radius 3 is 2.61 bits per heavy atom. The van der Waals surface area contributed by atoms with Crippen molar-refractivity contribution in [2.75, 3.05) is 12.0 Å². The number of benzene rings is 1. The van der Waals surface area contributed by atoms with Crippen LogP contribution in [-0.4, -0.2) is 32.5 Å². The Morgan fingerprint density at radius 2 is 2.00 bits per heavy atom. The zero-order chi connectivity index (χ0) is 13.7. The molecule has 1 aromatic rings. The van der Waals surface area contributed by atoms with Gasteiger partial charge in [-0.05, 0) is 38.5 Å². The molecule has 0 spiro atoms. The van der Waals surface area contributed by atoms with Crippen LogP contribution >= 0.6 is 0 Å². The Hall–Kier alpha value is -1.07. The second-order valence-corrected chi connectivity index (χ2v) is 6.15. The Labute approximate surface area is 110 Å². The molecule has 3 atom stereocenters. The molecule has 0 radical (unpaired) electrons. The summed E-state index contributed by atoms with van der Waals surface area (Å²) in [6.45, 7) is 3.94. The zero-order valence-electron chi connectivity index (χ0n) is 11.0. The molecule has 0 saturated carbocycles. The third-order valence-electron chi connectivity index (χ3n) is 2.85. The van der Waals surface area contributed by atoms with Crippen LogP contribution in [0, 0.1) is 0 Å². The third-order valence-corrected chi connectivity index (χ3v) is 3.66. The van der Waals surface area contributed by atoms with Crippen molar-refractivity contribution in [3.63, 3.8) is 0 Å².